The molecule has 0 spiro atoms. The van der Waals surface area contributed by atoms with Gasteiger partial charge in [-0.05, 0) is 81.2 Å². The number of nitrogens with one attached hydrogen (secondary N) is 1. The number of amides is 1. The number of rotatable bonds is 4. The quantitative estimate of drug-likeness (QED) is 0.708. The minimum Gasteiger partial charge on any atom is -0.493 e. The van der Waals surface area contributed by atoms with Crippen LogP contribution in [0.2, 0.25) is 0 Å². The largest absolute Gasteiger partial charge is 0.493 e. The fraction of sp³-hybridized carbons (Fsp3) is 0.519. The number of piperidine rings is 1. The lowest BCUT2D eigenvalue weighted by Gasteiger charge is -2.33. The molecule has 2 heterocycles. The molecule has 1 fully saturated rings. The van der Waals surface area contributed by atoms with Gasteiger partial charge >= 0.3 is 0 Å². The zero-order valence-corrected chi connectivity index (χ0v) is 20.9. The third kappa shape index (κ3) is 4.48. The molecule has 1 amide bonds. The molecule has 5 rings (SSSR count). The Hall–Kier alpha value is -2.38. The molecule has 0 saturated carbocycles. The van der Waals surface area contributed by atoms with E-state index >= 15 is 0 Å². The van der Waals surface area contributed by atoms with Gasteiger partial charge in [0.05, 0.1) is 17.5 Å². The molecular formula is C27H34N2O4S. The van der Waals surface area contributed by atoms with Crippen molar-refractivity contribution < 1.29 is 17.9 Å². The summed E-state index contributed by atoms with van der Waals surface area (Å²) < 4.78 is 34.0. The lowest BCUT2D eigenvalue weighted by molar-refractivity contribution is -0.127. The Morgan fingerprint density at radius 2 is 1.74 bits per heavy atom. The van der Waals surface area contributed by atoms with Crippen LogP contribution in [0.5, 0.6) is 5.75 Å². The molecule has 2 aromatic rings. The van der Waals surface area contributed by atoms with E-state index in [-0.39, 0.29) is 17.9 Å². The van der Waals surface area contributed by atoms with Gasteiger partial charge in [-0.1, -0.05) is 23.8 Å². The second-order valence-electron chi connectivity index (χ2n) is 10.0. The van der Waals surface area contributed by atoms with Crippen LogP contribution in [0.3, 0.4) is 0 Å². The molecule has 2 aromatic carbocycles. The van der Waals surface area contributed by atoms with Crippen molar-refractivity contribution in [1.82, 2.24) is 9.62 Å². The summed E-state index contributed by atoms with van der Waals surface area (Å²) in [4.78, 5) is 13.5. The molecule has 1 saturated heterocycles. The van der Waals surface area contributed by atoms with Gasteiger partial charge in [-0.2, -0.15) is 4.31 Å². The maximum absolute atomic E-state index is 13.3. The first-order valence-electron chi connectivity index (χ1n) is 12.5. The topological polar surface area (TPSA) is 75.7 Å². The summed E-state index contributed by atoms with van der Waals surface area (Å²) in [5.74, 6) is 0.725. The predicted octanol–water partition coefficient (Wildman–Crippen LogP) is 4.22. The van der Waals surface area contributed by atoms with Gasteiger partial charge in [-0.25, -0.2) is 8.42 Å². The van der Waals surface area contributed by atoms with E-state index < -0.39 is 10.0 Å². The average Bonchev–Trinajstić information content (AvgIpc) is 2.84. The number of ether oxygens (including phenoxy) is 1. The number of sulfonamides is 1. The second kappa shape index (κ2) is 9.34. The Bertz CT molecular complexity index is 1200. The van der Waals surface area contributed by atoms with E-state index in [4.69, 9.17) is 4.74 Å². The van der Waals surface area contributed by atoms with Gasteiger partial charge in [-0.15, -0.1) is 0 Å². The van der Waals surface area contributed by atoms with E-state index in [1.807, 2.05) is 19.1 Å². The van der Waals surface area contributed by atoms with Crippen LogP contribution in [0.15, 0.2) is 35.2 Å². The van der Waals surface area contributed by atoms with Crippen molar-refractivity contribution in [2.75, 3.05) is 19.7 Å². The Balaban J connectivity index is 1.23. The number of hydrogen-bond donors (Lipinski definition) is 1. The summed E-state index contributed by atoms with van der Waals surface area (Å²) in [5.41, 5.74) is 5.74. The zero-order chi connectivity index (χ0) is 23.9. The van der Waals surface area contributed by atoms with Crippen LogP contribution < -0.4 is 10.1 Å². The predicted molar refractivity (Wildman–Crippen MR) is 131 cm³/mol. The van der Waals surface area contributed by atoms with Crippen molar-refractivity contribution in [3.8, 4) is 5.75 Å². The number of carbonyl (C=O) groups is 1. The molecule has 1 unspecified atom stereocenters. The number of fused-ring (bicyclic) bond motifs is 2. The Morgan fingerprint density at radius 3 is 2.50 bits per heavy atom. The molecular weight excluding hydrogens is 448 g/mol. The van der Waals surface area contributed by atoms with Gasteiger partial charge in [0.25, 0.3) is 0 Å². The Labute approximate surface area is 202 Å². The highest BCUT2D eigenvalue weighted by atomic mass is 32.2. The summed E-state index contributed by atoms with van der Waals surface area (Å²) in [7, 11) is -3.54. The molecule has 182 valence electrons. The van der Waals surface area contributed by atoms with E-state index in [0.717, 1.165) is 48.1 Å². The van der Waals surface area contributed by atoms with Crippen molar-refractivity contribution >= 4 is 15.9 Å². The highest BCUT2D eigenvalue weighted by molar-refractivity contribution is 7.89. The highest BCUT2D eigenvalue weighted by Crippen LogP contribution is 2.36. The first kappa shape index (κ1) is 23.4. The van der Waals surface area contributed by atoms with Gasteiger partial charge in [0.2, 0.25) is 15.9 Å². The highest BCUT2D eigenvalue weighted by Gasteiger charge is 2.34. The third-order valence-electron chi connectivity index (χ3n) is 7.57. The van der Waals surface area contributed by atoms with Gasteiger partial charge in [-0.3, -0.25) is 4.79 Å². The standard InChI is InChI=1S/C27H34N2O4S/c1-18-15-19(2)26-24(16-18)25(11-14-33-26)28-27(30)21-9-12-29(13-10-21)34(31,32)23-8-7-20-5-3-4-6-22(20)17-23/h7-8,15-17,21,25H,3-6,9-14H2,1-2H3,(H,28,30). The number of carbonyl (C=O) groups excluding carboxylic acids is 1. The lowest BCUT2D eigenvalue weighted by Crippen LogP contribution is -2.44. The second-order valence-corrected chi connectivity index (χ2v) is 12.0. The van der Waals surface area contributed by atoms with Crippen molar-refractivity contribution in [2.24, 2.45) is 5.92 Å². The van der Waals surface area contributed by atoms with Crippen molar-refractivity contribution in [3.63, 3.8) is 0 Å². The molecule has 0 aromatic heterocycles. The first-order chi connectivity index (χ1) is 16.3. The summed E-state index contributed by atoms with van der Waals surface area (Å²) >= 11 is 0. The molecule has 2 aliphatic heterocycles. The van der Waals surface area contributed by atoms with Crippen molar-refractivity contribution in [1.29, 1.82) is 0 Å². The van der Waals surface area contributed by atoms with Crippen LogP contribution in [-0.2, 0) is 27.7 Å². The van der Waals surface area contributed by atoms with E-state index in [1.54, 1.807) is 10.4 Å². The maximum atomic E-state index is 13.3. The Kier molecular flexibility index (Phi) is 6.42. The number of hydrogen-bond acceptors (Lipinski definition) is 4. The summed E-state index contributed by atoms with van der Waals surface area (Å²) in [6.45, 7) is 5.42. The van der Waals surface area contributed by atoms with Crippen LogP contribution in [0.4, 0.5) is 0 Å². The molecule has 0 bridgehead atoms. The van der Waals surface area contributed by atoms with Crippen molar-refractivity contribution in [2.45, 2.75) is 69.7 Å². The lowest BCUT2D eigenvalue weighted by atomic mass is 9.92. The van der Waals surface area contributed by atoms with Crippen molar-refractivity contribution in [3.05, 3.63) is 58.1 Å². The molecule has 6 nitrogen and oxygen atoms in total. The van der Waals surface area contributed by atoms with Gasteiger partial charge in [0, 0.05) is 31.0 Å². The zero-order valence-electron chi connectivity index (χ0n) is 20.1. The van der Waals surface area contributed by atoms with E-state index in [2.05, 4.69) is 24.4 Å². The van der Waals surface area contributed by atoms with E-state index in [9.17, 15) is 13.2 Å². The number of nitrogens with zero attached hydrogens (tertiary/aromatic N) is 1. The molecule has 3 aliphatic rings. The van der Waals surface area contributed by atoms with Crippen LogP contribution in [0, 0.1) is 19.8 Å². The average molecular weight is 483 g/mol. The summed E-state index contributed by atoms with van der Waals surface area (Å²) in [6.07, 6.45) is 6.11. The molecule has 1 atom stereocenters. The molecule has 1 aliphatic carbocycles. The fourth-order valence-corrected chi connectivity index (χ4v) is 7.22. The number of benzene rings is 2. The van der Waals surface area contributed by atoms with Crippen LogP contribution >= 0.6 is 0 Å². The van der Waals surface area contributed by atoms with E-state index in [0.29, 0.717) is 37.4 Å². The van der Waals surface area contributed by atoms with Crippen LogP contribution in [0.1, 0.15) is 66.0 Å². The van der Waals surface area contributed by atoms with Crippen LogP contribution in [-0.4, -0.2) is 38.3 Å². The van der Waals surface area contributed by atoms with E-state index in [1.165, 1.54) is 17.5 Å². The smallest absolute Gasteiger partial charge is 0.243 e. The summed E-state index contributed by atoms with van der Waals surface area (Å²) in [5, 5.41) is 3.23. The molecule has 1 N–H and O–H groups in total. The minimum absolute atomic E-state index is 0.0165. The minimum atomic E-state index is -3.54. The number of aryl methyl sites for hydroxylation is 4. The fourth-order valence-electron chi connectivity index (χ4n) is 5.69. The molecule has 34 heavy (non-hydrogen) atoms. The normalized spacial score (nSPS) is 21.3. The third-order valence-corrected chi connectivity index (χ3v) is 9.47. The first-order valence-corrected chi connectivity index (χ1v) is 13.9. The van der Waals surface area contributed by atoms with Gasteiger partial charge in [0.1, 0.15) is 5.75 Å². The molecule has 0 radical (unpaired) electrons. The van der Waals surface area contributed by atoms with Crippen LogP contribution in [0.25, 0.3) is 0 Å². The SMILES string of the molecule is Cc1cc(C)c2c(c1)C(NC(=O)C1CCN(S(=O)(=O)c3ccc4c(c3)CCCC4)CC1)CCO2. The molecule has 7 heteroatoms. The maximum Gasteiger partial charge on any atom is 0.243 e. The Morgan fingerprint density at radius 1 is 1.00 bits per heavy atom. The van der Waals surface area contributed by atoms with Gasteiger partial charge in [0.15, 0.2) is 0 Å². The summed E-state index contributed by atoms with van der Waals surface area (Å²) in [6, 6.07) is 9.74. The van der Waals surface area contributed by atoms with Gasteiger partial charge < -0.3 is 10.1 Å². The monoisotopic (exact) mass is 482 g/mol.